The van der Waals surface area contributed by atoms with Gasteiger partial charge in [0, 0.05) is 12.1 Å². The predicted molar refractivity (Wildman–Crippen MR) is 86.8 cm³/mol. The number of hydrogen-bond donors (Lipinski definition) is 1. The summed E-state index contributed by atoms with van der Waals surface area (Å²) < 4.78 is 5.66. The first-order chi connectivity index (χ1) is 11.1. The molecule has 0 saturated heterocycles. The monoisotopic (exact) mass is 318 g/mol. The van der Waals surface area contributed by atoms with Gasteiger partial charge in [0.05, 0.1) is 5.69 Å². The van der Waals surface area contributed by atoms with Gasteiger partial charge in [0.15, 0.2) is 6.10 Å². The number of fused-ring (bicyclic) bond motifs is 1. The Balaban J connectivity index is 2.23. The molecule has 1 aromatic carbocycles. The van der Waals surface area contributed by atoms with Crippen LogP contribution in [-0.4, -0.2) is 37.3 Å². The molecule has 1 atom stereocenters. The Hall–Kier alpha value is -2.37. The zero-order valence-electron chi connectivity index (χ0n) is 13.5. The minimum absolute atomic E-state index is 0.0717. The lowest BCUT2D eigenvalue weighted by atomic mass is 10.1. The van der Waals surface area contributed by atoms with Crippen LogP contribution < -0.4 is 15.0 Å². The second-order valence-corrected chi connectivity index (χ2v) is 5.49. The summed E-state index contributed by atoms with van der Waals surface area (Å²) in [5, 5.41) is 2.80. The maximum atomic E-state index is 12.5. The van der Waals surface area contributed by atoms with Crippen LogP contribution in [0, 0.1) is 0 Å². The number of ether oxygens (including phenoxy) is 1. The highest BCUT2D eigenvalue weighted by Crippen LogP contribution is 2.35. The molecule has 1 N–H and O–H groups in total. The first kappa shape index (κ1) is 17.0. The number of rotatable bonds is 7. The first-order valence-electron chi connectivity index (χ1n) is 7.94. The van der Waals surface area contributed by atoms with Gasteiger partial charge in [0.25, 0.3) is 5.91 Å². The van der Waals surface area contributed by atoms with E-state index in [0.29, 0.717) is 36.3 Å². The Morgan fingerprint density at radius 2 is 2.17 bits per heavy atom. The molecule has 23 heavy (non-hydrogen) atoms. The van der Waals surface area contributed by atoms with Crippen LogP contribution in [0.25, 0.3) is 0 Å². The Labute approximate surface area is 135 Å². The Morgan fingerprint density at radius 3 is 2.83 bits per heavy atom. The molecule has 0 radical (unpaired) electrons. The van der Waals surface area contributed by atoms with Crippen LogP contribution in [0.1, 0.15) is 43.5 Å². The van der Waals surface area contributed by atoms with Crippen molar-refractivity contribution in [2.75, 3.05) is 18.0 Å². The standard InChI is InChI=1S/C17H22N2O4/c1-3-5-8-18-16(21)10-19-13-9-12(11-20)6-7-15(13)23-14(4-2)17(19)22/h6-7,9,11,14H,3-5,8,10H2,1-2H3,(H,18,21). The lowest BCUT2D eigenvalue weighted by Gasteiger charge is -2.33. The van der Waals surface area contributed by atoms with Crippen LogP contribution in [0.4, 0.5) is 5.69 Å². The van der Waals surface area contributed by atoms with E-state index in [1.54, 1.807) is 18.2 Å². The number of aldehydes is 1. The van der Waals surface area contributed by atoms with Gasteiger partial charge in [-0.1, -0.05) is 20.3 Å². The molecule has 0 spiro atoms. The van der Waals surface area contributed by atoms with Crippen LogP contribution >= 0.6 is 0 Å². The highest BCUT2D eigenvalue weighted by Gasteiger charge is 2.34. The number of anilines is 1. The van der Waals surface area contributed by atoms with Gasteiger partial charge in [0.2, 0.25) is 5.91 Å². The lowest BCUT2D eigenvalue weighted by Crippen LogP contribution is -2.49. The number of carbonyl (C=O) groups excluding carboxylic acids is 3. The van der Waals surface area contributed by atoms with Crippen LogP contribution in [0.3, 0.4) is 0 Å². The average molecular weight is 318 g/mol. The Morgan fingerprint density at radius 1 is 1.39 bits per heavy atom. The average Bonchev–Trinajstić information content (AvgIpc) is 2.57. The van der Waals surface area contributed by atoms with Gasteiger partial charge < -0.3 is 10.1 Å². The summed E-state index contributed by atoms with van der Waals surface area (Å²) in [6, 6.07) is 4.87. The number of nitrogens with zero attached hydrogens (tertiary/aromatic N) is 1. The van der Waals surface area contributed by atoms with Crippen molar-refractivity contribution in [3.63, 3.8) is 0 Å². The molecule has 6 heteroatoms. The van der Waals surface area contributed by atoms with Crippen molar-refractivity contribution in [3.8, 4) is 5.75 Å². The molecule has 0 bridgehead atoms. The van der Waals surface area contributed by atoms with E-state index in [2.05, 4.69) is 5.32 Å². The third-order valence-electron chi connectivity index (χ3n) is 3.75. The van der Waals surface area contributed by atoms with Crippen LogP contribution in [-0.2, 0) is 9.59 Å². The molecule has 0 saturated carbocycles. The molecule has 0 aromatic heterocycles. The summed E-state index contributed by atoms with van der Waals surface area (Å²) in [6.07, 6.45) is 2.50. The van der Waals surface area contributed by atoms with Crippen molar-refractivity contribution >= 4 is 23.8 Å². The zero-order valence-corrected chi connectivity index (χ0v) is 13.5. The van der Waals surface area contributed by atoms with E-state index < -0.39 is 6.10 Å². The summed E-state index contributed by atoms with van der Waals surface area (Å²) in [7, 11) is 0. The van der Waals surface area contributed by atoms with Gasteiger partial charge in [-0.15, -0.1) is 0 Å². The molecule has 1 aliphatic rings. The van der Waals surface area contributed by atoms with Crippen LogP contribution in [0.15, 0.2) is 18.2 Å². The van der Waals surface area contributed by atoms with E-state index in [0.717, 1.165) is 12.8 Å². The second-order valence-electron chi connectivity index (χ2n) is 5.49. The third-order valence-corrected chi connectivity index (χ3v) is 3.75. The van der Waals surface area contributed by atoms with E-state index in [9.17, 15) is 14.4 Å². The van der Waals surface area contributed by atoms with Crippen molar-refractivity contribution < 1.29 is 19.1 Å². The topological polar surface area (TPSA) is 75.7 Å². The van der Waals surface area contributed by atoms with E-state index >= 15 is 0 Å². The number of unbranched alkanes of at least 4 members (excludes halogenated alkanes) is 1. The minimum atomic E-state index is -0.604. The molecule has 1 aliphatic heterocycles. The highest BCUT2D eigenvalue weighted by atomic mass is 16.5. The first-order valence-corrected chi connectivity index (χ1v) is 7.94. The summed E-state index contributed by atoms with van der Waals surface area (Å²) >= 11 is 0. The number of hydrogen-bond acceptors (Lipinski definition) is 4. The Bertz CT molecular complexity index is 600. The van der Waals surface area contributed by atoms with Gasteiger partial charge in [-0.05, 0) is 31.0 Å². The maximum absolute atomic E-state index is 12.5. The molecule has 1 unspecified atom stereocenters. The van der Waals surface area contributed by atoms with Gasteiger partial charge >= 0.3 is 0 Å². The van der Waals surface area contributed by atoms with Crippen molar-refractivity contribution in [1.82, 2.24) is 5.32 Å². The van der Waals surface area contributed by atoms with E-state index in [4.69, 9.17) is 4.74 Å². The normalized spacial score (nSPS) is 16.5. The van der Waals surface area contributed by atoms with Gasteiger partial charge in [-0.2, -0.15) is 0 Å². The Kier molecular flexibility index (Phi) is 5.73. The molecule has 124 valence electrons. The molecule has 0 aliphatic carbocycles. The van der Waals surface area contributed by atoms with Crippen molar-refractivity contribution in [2.24, 2.45) is 0 Å². The summed E-state index contributed by atoms with van der Waals surface area (Å²) in [4.78, 5) is 37.0. The zero-order chi connectivity index (χ0) is 16.8. The minimum Gasteiger partial charge on any atom is -0.478 e. The molecule has 0 fully saturated rings. The van der Waals surface area contributed by atoms with Gasteiger partial charge in [-0.25, -0.2) is 0 Å². The lowest BCUT2D eigenvalue weighted by molar-refractivity contribution is -0.129. The fraction of sp³-hybridized carbons (Fsp3) is 0.471. The maximum Gasteiger partial charge on any atom is 0.268 e. The van der Waals surface area contributed by atoms with E-state index in [1.165, 1.54) is 4.90 Å². The quantitative estimate of drug-likeness (QED) is 0.615. The fourth-order valence-corrected chi connectivity index (χ4v) is 2.44. The number of benzene rings is 1. The van der Waals surface area contributed by atoms with Crippen LogP contribution in [0.2, 0.25) is 0 Å². The predicted octanol–water partition coefficient (Wildman–Crippen LogP) is 1.92. The van der Waals surface area contributed by atoms with Crippen molar-refractivity contribution in [1.29, 1.82) is 0 Å². The molecule has 6 nitrogen and oxygen atoms in total. The van der Waals surface area contributed by atoms with Crippen molar-refractivity contribution in [3.05, 3.63) is 23.8 Å². The summed E-state index contributed by atoms with van der Waals surface area (Å²) in [5.41, 5.74) is 0.904. The molecule has 1 aromatic rings. The molecular weight excluding hydrogens is 296 g/mol. The van der Waals surface area contributed by atoms with E-state index in [-0.39, 0.29) is 18.4 Å². The summed E-state index contributed by atoms with van der Waals surface area (Å²) in [6.45, 7) is 4.41. The van der Waals surface area contributed by atoms with Gasteiger partial charge in [0.1, 0.15) is 18.6 Å². The molecule has 2 rings (SSSR count). The second kappa shape index (κ2) is 7.76. The largest absolute Gasteiger partial charge is 0.478 e. The summed E-state index contributed by atoms with van der Waals surface area (Å²) in [5.74, 6) is 0.0445. The van der Waals surface area contributed by atoms with Crippen molar-refractivity contribution in [2.45, 2.75) is 39.2 Å². The van der Waals surface area contributed by atoms with Gasteiger partial charge in [-0.3, -0.25) is 19.3 Å². The van der Waals surface area contributed by atoms with E-state index in [1.807, 2.05) is 13.8 Å². The number of carbonyl (C=O) groups is 3. The molecule has 1 heterocycles. The molecule has 2 amide bonds. The fourth-order valence-electron chi connectivity index (χ4n) is 2.44. The number of amides is 2. The SMILES string of the molecule is CCCCNC(=O)CN1C(=O)C(CC)Oc2ccc(C=O)cc21. The smallest absolute Gasteiger partial charge is 0.268 e. The highest BCUT2D eigenvalue weighted by molar-refractivity contribution is 6.04. The molecular formula is C17H22N2O4. The van der Waals surface area contributed by atoms with Crippen LogP contribution in [0.5, 0.6) is 5.75 Å². The number of nitrogens with one attached hydrogen (secondary N) is 1. The third kappa shape index (κ3) is 3.88.